The predicted molar refractivity (Wildman–Crippen MR) is 84.3 cm³/mol. The van der Waals surface area contributed by atoms with E-state index >= 15 is 0 Å². The molecule has 0 amide bonds. The highest BCUT2D eigenvalue weighted by Crippen LogP contribution is 2.62. The lowest BCUT2D eigenvalue weighted by atomic mass is 10.0. The van der Waals surface area contributed by atoms with Gasteiger partial charge in [0.25, 0.3) is 0 Å². The van der Waals surface area contributed by atoms with E-state index in [1.165, 1.54) is 31.4 Å². The zero-order chi connectivity index (χ0) is 13.7. The number of anilines is 1. The number of aromatic amines is 1. The Hall–Kier alpha value is -1.29. The number of rotatable bonds is 2. The summed E-state index contributed by atoms with van der Waals surface area (Å²) in [5.74, 6) is 2.97. The van der Waals surface area contributed by atoms with Gasteiger partial charge in [0.1, 0.15) is 0 Å². The summed E-state index contributed by atoms with van der Waals surface area (Å²) in [4.78, 5) is 0. The van der Waals surface area contributed by atoms with E-state index in [4.69, 9.17) is 5.73 Å². The Morgan fingerprint density at radius 3 is 2.55 bits per heavy atom. The van der Waals surface area contributed by atoms with Crippen molar-refractivity contribution in [3.8, 4) is 11.1 Å². The lowest BCUT2D eigenvalue weighted by Crippen LogP contribution is -1.92. The van der Waals surface area contributed by atoms with Gasteiger partial charge in [-0.05, 0) is 30.7 Å². The molecule has 4 rings (SSSR count). The van der Waals surface area contributed by atoms with Crippen molar-refractivity contribution in [2.75, 3.05) is 5.73 Å². The van der Waals surface area contributed by atoms with E-state index in [0.29, 0.717) is 11.7 Å². The van der Waals surface area contributed by atoms with Gasteiger partial charge in [0, 0.05) is 27.2 Å². The molecule has 2 atom stereocenters. The van der Waals surface area contributed by atoms with Crippen LogP contribution >= 0.6 is 15.9 Å². The van der Waals surface area contributed by atoms with Crippen LogP contribution in [0.4, 0.5) is 5.82 Å². The smallest absolute Gasteiger partial charge is 0.153 e. The molecule has 2 saturated carbocycles. The van der Waals surface area contributed by atoms with E-state index in [1.54, 1.807) is 0 Å². The summed E-state index contributed by atoms with van der Waals surface area (Å²) in [7, 11) is 0. The molecule has 3 N–H and O–H groups in total. The number of benzene rings is 1. The maximum atomic E-state index is 6.13. The summed E-state index contributed by atoms with van der Waals surface area (Å²) in [6, 6.07) is 8.25. The average molecular weight is 332 g/mol. The van der Waals surface area contributed by atoms with Crippen LogP contribution in [0.3, 0.4) is 0 Å². The van der Waals surface area contributed by atoms with Crippen molar-refractivity contribution in [3.63, 3.8) is 0 Å². The van der Waals surface area contributed by atoms with Gasteiger partial charge in [0.05, 0.1) is 0 Å². The molecule has 2 aliphatic rings. The van der Waals surface area contributed by atoms with Crippen molar-refractivity contribution in [2.24, 2.45) is 11.8 Å². The molecular weight excluding hydrogens is 314 g/mol. The summed E-state index contributed by atoms with van der Waals surface area (Å²) in [5.41, 5.74) is 9.65. The van der Waals surface area contributed by atoms with Crippen molar-refractivity contribution in [1.29, 1.82) is 0 Å². The number of nitrogen functional groups attached to an aromatic ring is 1. The molecule has 3 nitrogen and oxygen atoms in total. The van der Waals surface area contributed by atoms with Gasteiger partial charge in [-0.15, -0.1) is 0 Å². The maximum absolute atomic E-state index is 6.13. The molecule has 4 heteroatoms. The fourth-order valence-electron chi connectivity index (χ4n) is 3.98. The van der Waals surface area contributed by atoms with Crippen LogP contribution in [0.5, 0.6) is 0 Å². The summed E-state index contributed by atoms with van der Waals surface area (Å²) in [6.45, 7) is 0. The first-order valence-electron chi connectivity index (χ1n) is 7.36. The third-order valence-corrected chi connectivity index (χ3v) is 5.65. The normalized spacial score (nSPS) is 28.1. The molecule has 1 heterocycles. The average Bonchev–Trinajstić information content (AvgIpc) is 3.08. The van der Waals surface area contributed by atoms with Gasteiger partial charge in [0.2, 0.25) is 0 Å². The number of nitrogens with one attached hydrogen (secondary N) is 1. The number of hydrogen-bond donors (Lipinski definition) is 2. The third kappa shape index (κ3) is 1.81. The van der Waals surface area contributed by atoms with Gasteiger partial charge >= 0.3 is 0 Å². The van der Waals surface area contributed by atoms with Crippen LogP contribution in [-0.2, 0) is 0 Å². The molecule has 2 aliphatic carbocycles. The summed E-state index contributed by atoms with van der Waals surface area (Å²) in [6.07, 6.45) is 5.49. The number of halogens is 1. The van der Waals surface area contributed by atoms with E-state index < -0.39 is 0 Å². The Kier molecular flexibility index (Phi) is 2.88. The number of aromatic nitrogens is 2. The van der Waals surface area contributed by atoms with Crippen LogP contribution in [0.25, 0.3) is 11.1 Å². The van der Waals surface area contributed by atoms with Gasteiger partial charge in [0.15, 0.2) is 5.82 Å². The van der Waals surface area contributed by atoms with Crippen molar-refractivity contribution in [1.82, 2.24) is 10.2 Å². The fraction of sp³-hybridized carbons (Fsp3) is 0.438. The van der Waals surface area contributed by atoms with E-state index in [0.717, 1.165) is 27.4 Å². The topological polar surface area (TPSA) is 54.7 Å². The van der Waals surface area contributed by atoms with E-state index in [2.05, 4.69) is 44.3 Å². The predicted octanol–water partition coefficient (Wildman–Crippen LogP) is 4.33. The molecule has 104 valence electrons. The first-order valence-corrected chi connectivity index (χ1v) is 8.15. The summed E-state index contributed by atoms with van der Waals surface area (Å²) in [5, 5.41) is 7.51. The molecule has 1 aromatic carbocycles. The molecule has 0 radical (unpaired) electrons. The van der Waals surface area contributed by atoms with Crippen LogP contribution < -0.4 is 5.73 Å². The van der Waals surface area contributed by atoms with E-state index in [-0.39, 0.29) is 0 Å². The van der Waals surface area contributed by atoms with Gasteiger partial charge in [-0.1, -0.05) is 47.0 Å². The summed E-state index contributed by atoms with van der Waals surface area (Å²) >= 11 is 3.64. The largest absolute Gasteiger partial charge is 0.382 e. The fourth-order valence-corrected chi connectivity index (χ4v) is 4.46. The maximum Gasteiger partial charge on any atom is 0.153 e. The highest BCUT2D eigenvalue weighted by Gasteiger charge is 2.53. The summed E-state index contributed by atoms with van der Waals surface area (Å²) < 4.78 is 1.08. The van der Waals surface area contributed by atoms with Crippen molar-refractivity contribution in [2.45, 2.75) is 31.6 Å². The second-order valence-electron chi connectivity index (χ2n) is 6.02. The van der Waals surface area contributed by atoms with Crippen LogP contribution in [0, 0.1) is 11.8 Å². The SMILES string of the molecule is Nc1n[nH]c(C2C3CCCCC32)c1-c1ccccc1Br. The molecule has 20 heavy (non-hydrogen) atoms. The monoisotopic (exact) mass is 331 g/mol. The van der Waals surface area contributed by atoms with Crippen molar-refractivity contribution < 1.29 is 0 Å². The van der Waals surface area contributed by atoms with Crippen molar-refractivity contribution in [3.05, 3.63) is 34.4 Å². The Bertz CT molecular complexity index is 637. The second-order valence-corrected chi connectivity index (χ2v) is 6.87. The standard InChI is InChI=1S/C16H18BrN3/c17-12-8-4-3-7-11(12)14-15(19-20-16(14)18)13-9-5-1-2-6-10(9)13/h3-4,7-10,13H,1-2,5-6H2,(H3,18,19,20). The minimum Gasteiger partial charge on any atom is -0.382 e. The highest BCUT2D eigenvalue weighted by molar-refractivity contribution is 9.10. The molecule has 1 aromatic heterocycles. The van der Waals surface area contributed by atoms with Crippen LogP contribution in [0.2, 0.25) is 0 Å². The third-order valence-electron chi connectivity index (χ3n) is 4.96. The molecule has 0 aliphatic heterocycles. The quantitative estimate of drug-likeness (QED) is 0.860. The Labute approximate surface area is 127 Å². The molecular formula is C16H18BrN3. The minimum atomic E-state index is 0.621. The van der Waals surface area contributed by atoms with Crippen LogP contribution in [0.15, 0.2) is 28.7 Å². The van der Waals surface area contributed by atoms with E-state index in [9.17, 15) is 0 Å². The molecule has 2 fully saturated rings. The second kappa shape index (κ2) is 4.62. The Balaban J connectivity index is 1.78. The first kappa shape index (κ1) is 12.5. The lowest BCUT2D eigenvalue weighted by Gasteiger charge is -2.06. The van der Waals surface area contributed by atoms with Crippen molar-refractivity contribution >= 4 is 21.7 Å². The van der Waals surface area contributed by atoms with Gasteiger partial charge < -0.3 is 5.73 Å². The Morgan fingerprint density at radius 2 is 1.85 bits per heavy atom. The minimum absolute atomic E-state index is 0.621. The van der Waals surface area contributed by atoms with Gasteiger partial charge in [-0.25, -0.2) is 0 Å². The molecule has 2 aromatic rings. The first-order chi connectivity index (χ1) is 9.77. The Morgan fingerprint density at radius 1 is 1.15 bits per heavy atom. The van der Waals surface area contributed by atoms with Crippen LogP contribution in [-0.4, -0.2) is 10.2 Å². The molecule has 2 unspecified atom stereocenters. The molecule has 0 spiro atoms. The number of fused-ring (bicyclic) bond motifs is 1. The number of nitrogens with zero attached hydrogens (tertiary/aromatic N) is 1. The zero-order valence-electron chi connectivity index (χ0n) is 11.3. The van der Waals surface area contributed by atoms with E-state index in [1.807, 2.05) is 6.07 Å². The highest BCUT2D eigenvalue weighted by atomic mass is 79.9. The molecule has 0 bridgehead atoms. The molecule has 0 saturated heterocycles. The zero-order valence-corrected chi connectivity index (χ0v) is 12.9. The number of hydrogen-bond acceptors (Lipinski definition) is 2. The van der Waals surface area contributed by atoms with Crippen LogP contribution in [0.1, 0.15) is 37.3 Å². The van der Waals surface area contributed by atoms with Gasteiger partial charge in [-0.3, -0.25) is 5.10 Å². The number of H-pyrrole nitrogens is 1. The lowest BCUT2D eigenvalue weighted by molar-refractivity contribution is 0.480. The number of nitrogens with two attached hydrogens (primary N) is 1. The van der Waals surface area contributed by atoms with Gasteiger partial charge in [-0.2, -0.15) is 5.10 Å².